The fourth-order valence-electron chi connectivity index (χ4n) is 1.85. The van der Waals surface area contributed by atoms with Crippen LogP contribution in [0.25, 0.3) is 0 Å². The van der Waals surface area contributed by atoms with E-state index in [4.69, 9.17) is 16.3 Å². The Morgan fingerprint density at radius 3 is 2.81 bits per heavy atom. The Bertz CT molecular complexity index is 385. The largest absolute Gasteiger partial charge is 0.465 e. The molecule has 1 aliphatic rings. The number of hydrogen-bond acceptors (Lipinski definition) is 2. The van der Waals surface area contributed by atoms with E-state index >= 15 is 0 Å². The number of esters is 1. The summed E-state index contributed by atoms with van der Waals surface area (Å²) in [5.74, 6) is 0.240. The molecule has 0 amide bonds. The monoisotopic (exact) mass is 238 g/mol. The van der Waals surface area contributed by atoms with Crippen LogP contribution in [0.1, 0.15) is 42.2 Å². The lowest BCUT2D eigenvalue weighted by Crippen LogP contribution is -2.12. The standard InChI is InChI=1S/C13H15ClO2/c1-2-16-13(15)12(14)11-6-4-3-5-10(11)9-7-8-9/h3-6,9,12H,2,7-8H2,1H3. The number of carbonyl (C=O) groups excluding carboxylic acids is 1. The van der Waals surface area contributed by atoms with E-state index in [1.165, 1.54) is 18.4 Å². The number of rotatable bonds is 4. The molecule has 0 saturated heterocycles. The van der Waals surface area contributed by atoms with Crippen LogP contribution in [0.4, 0.5) is 0 Å². The van der Waals surface area contributed by atoms with Gasteiger partial charge in [-0.3, -0.25) is 4.79 Å². The molecule has 1 aromatic carbocycles. The van der Waals surface area contributed by atoms with Gasteiger partial charge >= 0.3 is 5.97 Å². The summed E-state index contributed by atoms with van der Waals surface area (Å²) in [6.45, 7) is 2.15. The van der Waals surface area contributed by atoms with E-state index in [1.54, 1.807) is 6.92 Å². The van der Waals surface area contributed by atoms with Crippen molar-refractivity contribution < 1.29 is 9.53 Å². The van der Waals surface area contributed by atoms with Crippen LogP contribution in [0.15, 0.2) is 24.3 Å². The Kier molecular flexibility index (Phi) is 3.49. The van der Waals surface area contributed by atoms with E-state index in [0.717, 1.165) is 5.56 Å². The molecule has 1 aliphatic carbocycles. The lowest BCUT2D eigenvalue weighted by atomic mass is 10.0. The van der Waals surface area contributed by atoms with Gasteiger partial charge in [-0.15, -0.1) is 11.6 Å². The second-order valence-corrected chi connectivity index (χ2v) is 4.45. The van der Waals surface area contributed by atoms with Crippen molar-refractivity contribution in [3.63, 3.8) is 0 Å². The third-order valence-corrected chi connectivity index (χ3v) is 3.19. The first-order valence-corrected chi connectivity index (χ1v) is 6.07. The van der Waals surface area contributed by atoms with Crippen molar-refractivity contribution in [1.82, 2.24) is 0 Å². The maximum absolute atomic E-state index is 11.6. The number of benzene rings is 1. The average Bonchev–Trinajstić information content (AvgIpc) is 3.12. The van der Waals surface area contributed by atoms with Gasteiger partial charge in [-0.05, 0) is 36.8 Å². The predicted octanol–water partition coefficient (Wildman–Crippen LogP) is 3.41. The summed E-state index contributed by atoms with van der Waals surface area (Å²) < 4.78 is 4.94. The fourth-order valence-corrected chi connectivity index (χ4v) is 2.11. The molecule has 1 saturated carbocycles. The lowest BCUT2D eigenvalue weighted by molar-refractivity contribution is -0.142. The maximum Gasteiger partial charge on any atom is 0.328 e. The van der Waals surface area contributed by atoms with Crippen molar-refractivity contribution in [3.05, 3.63) is 35.4 Å². The lowest BCUT2D eigenvalue weighted by Gasteiger charge is -2.13. The Balaban J connectivity index is 2.21. The molecule has 0 aliphatic heterocycles. The van der Waals surface area contributed by atoms with Crippen LogP contribution in [-0.4, -0.2) is 12.6 Å². The first kappa shape index (κ1) is 11.5. The first-order chi connectivity index (χ1) is 7.74. The Hall–Kier alpha value is -1.02. The van der Waals surface area contributed by atoms with Crippen LogP contribution < -0.4 is 0 Å². The van der Waals surface area contributed by atoms with Gasteiger partial charge in [0.2, 0.25) is 0 Å². The minimum absolute atomic E-state index is 0.350. The van der Waals surface area contributed by atoms with Gasteiger partial charge in [0, 0.05) is 0 Å². The number of halogens is 1. The molecule has 1 fully saturated rings. The number of alkyl halides is 1. The smallest absolute Gasteiger partial charge is 0.328 e. The second-order valence-electron chi connectivity index (χ2n) is 4.02. The topological polar surface area (TPSA) is 26.3 Å². The Labute approximate surface area is 101 Å². The van der Waals surface area contributed by atoms with E-state index in [0.29, 0.717) is 12.5 Å². The molecule has 0 aromatic heterocycles. The van der Waals surface area contributed by atoms with E-state index in [1.807, 2.05) is 18.2 Å². The van der Waals surface area contributed by atoms with Crippen molar-refractivity contribution in [1.29, 1.82) is 0 Å². The van der Waals surface area contributed by atoms with Crippen molar-refractivity contribution in [2.75, 3.05) is 6.61 Å². The van der Waals surface area contributed by atoms with Crippen molar-refractivity contribution >= 4 is 17.6 Å². The number of hydrogen-bond donors (Lipinski definition) is 0. The zero-order chi connectivity index (χ0) is 11.5. The summed E-state index contributed by atoms with van der Waals surface area (Å²) in [5.41, 5.74) is 2.11. The van der Waals surface area contributed by atoms with Crippen molar-refractivity contribution in [2.45, 2.75) is 31.1 Å². The van der Waals surface area contributed by atoms with Gasteiger partial charge in [0.25, 0.3) is 0 Å². The van der Waals surface area contributed by atoms with E-state index in [9.17, 15) is 4.79 Å². The molecule has 2 rings (SSSR count). The van der Waals surface area contributed by atoms with E-state index < -0.39 is 5.38 Å². The summed E-state index contributed by atoms with van der Waals surface area (Å²) in [6, 6.07) is 7.88. The SMILES string of the molecule is CCOC(=O)C(Cl)c1ccccc1C1CC1. The molecular weight excluding hydrogens is 224 g/mol. The summed E-state index contributed by atoms with van der Waals surface area (Å²) in [5, 5.41) is -0.670. The van der Waals surface area contributed by atoms with Crippen LogP contribution >= 0.6 is 11.6 Å². The minimum atomic E-state index is -0.670. The van der Waals surface area contributed by atoms with E-state index in [2.05, 4.69) is 6.07 Å². The van der Waals surface area contributed by atoms with Gasteiger partial charge in [0.15, 0.2) is 5.38 Å². The van der Waals surface area contributed by atoms with E-state index in [-0.39, 0.29) is 5.97 Å². The van der Waals surface area contributed by atoms with Gasteiger partial charge in [0.1, 0.15) is 0 Å². The van der Waals surface area contributed by atoms with Crippen LogP contribution in [0.5, 0.6) is 0 Å². The average molecular weight is 239 g/mol. The van der Waals surface area contributed by atoms with Gasteiger partial charge in [0.05, 0.1) is 6.61 Å². The molecule has 2 nitrogen and oxygen atoms in total. The predicted molar refractivity (Wildman–Crippen MR) is 63.6 cm³/mol. The summed E-state index contributed by atoms with van der Waals surface area (Å²) in [7, 11) is 0. The quantitative estimate of drug-likeness (QED) is 0.594. The zero-order valence-electron chi connectivity index (χ0n) is 9.28. The van der Waals surface area contributed by atoms with Gasteiger partial charge in [-0.2, -0.15) is 0 Å². The Morgan fingerprint density at radius 1 is 1.50 bits per heavy atom. The summed E-state index contributed by atoms with van der Waals surface area (Å²) in [4.78, 5) is 11.6. The van der Waals surface area contributed by atoms with Crippen molar-refractivity contribution in [2.24, 2.45) is 0 Å². The summed E-state index contributed by atoms with van der Waals surface area (Å²) >= 11 is 6.14. The molecule has 0 heterocycles. The highest BCUT2D eigenvalue weighted by Crippen LogP contribution is 2.43. The van der Waals surface area contributed by atoms with Crippen LogP contribution in [-0.2, 0) is 9.53 Å². The first-order valence-electron chi connectivity index (χ1n) is 5.63. The summed E-state index contributed by atoms with van der Waals surface area (Å²) in [6.07, 6.45) is 2.40. The zero-order valence-corrected chi connectivity index (χ0v) is 10.0. The molecule has 0 radical (unpaired) electrons. The molecule has 1 unspecified atom stereocenters. The van der Waals surface area contributed by atoms with Gasteiger partial charge in [-0.25, -0.2) is 0 Å². The van der Waals surface area contributed by atoms with Gasteiger partial charge in [-0.1, -0.05) is 24.3 Å². The molecular formula is C13H15ClO2. The molecule has 16 heavy (non-hydrogen) atoms. The highest BCUT2D eigenvalue weighted by atomic mass is 35.5. The molecule has 0 spiro atoms. The fraction of sp³-hybridized carbons (Fsp3) is 0.462. The van der Waals surface area contributed by atoms with Crippen LogP contribution in [0.2, 0.25) is 0 Å². The van der Waals surface area contributed by atoms with Crippen LogP contribution in [0, 0.1) is 0 Å². The van der Waals surface area contributed by atoms with Gasteiger partial charge < -0.3 is 4.74 Å². The minimum Gasteiger partial charge on any atom is -0.465 e. The molecule has 1 atom stereocenters. The number of carbonyl (C=O) groups is 1. The maximum atomic E-state index is 11.6. The molecule has 1 aromatic rings. The molecule has 86 valence electrons. The molecule has 0 N–H and O–H groups in total. The number of ether oxygens (including phenoxy) is 1. The molecule has 0 bridgehead atoms. The van der Waals surface area contributed by atoms with Crippen LogP contribution in [0.3, 0.4) is 0 Å². The third-order valence-electron chi connectivity index (χ3n) is 2.78. The normalized spacial score (nSPS) is 16.9. The highest BCUT2D eigenvalue weighted by molar-refractivity contribution is 6.30. The molecule has 3 heteroatoms. The highest BCUT2D eigenvalue weighted by Gasteiger charge is 2.30. The van der Waals surface area contributed by atoms with Crippen molar-refractivity contribution in [3.8, 4) is 0 Å². The third kappa shape index (κ3) is 2.38. The Morgan fingerprint density at radius 2 is 2.19 bits per heavy atom. The second kappa shape index (κ2) is 4.88.